The zero-order chi connectivity index (χ0) is 10.7. The summed E-state index contributed by atoms with van der Waals surface area (Å²) in [5, 5.41) is 14.8. The molecule has 1 aromatic heterocycles. The maximum absolute atomic E-state index is 10.6. The Hall–Kier alpha value is -0.830. The highest BCUT2D eigenvalue weighted by Crippen LogP contribution is 2.35. The summed E-state index contributed by atoms with van der Waals surface area (Å²) in [6, 6.07) is 0. The number of nitrogens with zero attached hydrogens (tertiary/aromatic N) is 2. The summed E-state index contributed by atoms with van der Waals surface area (Å²) >= 11 is 0. The second-order valence-corrected chi connectivity index (χ2v) is 4.53. The summed E-state index contributed by atoms with van der Waals surface area (Å²) in [4.78, 5) is 0. The Morgan fingerprint density at radius 1 is 1.33 bits per heavy atom. The van der Waals surface area contributed by atoms with Gasteiger partial charge in [0.05, 0.1) is 11.8 Å². The third-order valence-electron chi connectivity index (χ3n) is 3.43. The summed E-state index contributed by atoms with van der Waals surface area (Å²) in [5.74, 6) is 0. The molecule has 15 heavy (non-hydrogen) atoms. The first-order valence-corrected chi connectivity index (χ1v) is 6.00. The Morgan fingerprint density at radius 3 is 2.53 bits per heavy atom. The van der Waals surface area contributed by atoms with Gasteiger partial charge in [-0.3, -0.25) is 4.68 Å². The quantitative estimate of drug-likeness (QED) is 0.758. The van der Waals surface area contributed by atoms with Crippen LogP contribution >= 0.6 is 0 Å². The molecule has 1 saturated carbocycles. The van der Waals surface area contributed by atoms with Gasteiger partial charge in [0.1, 0.15) is 0 Å². The van der Waals surface area contributed by atoms with Crippen LogP contribution in [0.5, 0.6) is 0 Å². The highest BCUT2D eigenvalue weighted by atomic mass is 16.3. The molecule has 3 nitrogen and oxygen atoms in total. The number of aryl methyl sites for hydroxylation is 1. The van der Waals surface area contributed by atoms with Crippen molar-refractivity contribution in [2.45, 2.75) is 57.6 Å². The van der Waals surface area contributed by atoms with E-state index in [1.54, 1.807) is 0 Å². The fourth-order valence-electron chi connectivity index (χ4n) is 2.38. The Kier molecular flexibility index (Phi) is 3.10. The van der Waals surface area contributed by atoms with Crippen molar-refractivity contribution in [1.29, 1.82) is 0 Å². The topological polar surface area (TPSA) is 38.0 Å². The Balaban J connectivity index is 2.18. The highest BCUT2D eigenvalue weighted by Gasteiger charge is 2.31. The van der Waals surface area contributed by atoms with Gasteiger partial charge in [-0.2, -0.15) is 5.10 Å². The molecule has 0 saturated heterocycles. The SMILES string of the molecule is CCn1cc(C2(O)CCCCCC2)cn1. The van der Waals surface area contributed by atoms with E-state index in [9.17, 15) is 5.11 Å². The van der Waals surface area contributed by atoms with E-state index in [2.05, 4.69) is 12.0 Å². The lowest BCUT2D eigenvalue weighted by molar-refractivity contribution is 0.0206. The number of hydrogen-bond acceptors (Lipinski definition) is 2. The molecule has 0 radical (unpaired) electrons. The van der Waals surface area contributed by atoms with Gasteiger partial charge in [-0.15, -0.1) is 0 Å². The van der Waals surface area contributed by atoms with Crippen molar-refractivity contribution >= 4 is 0 Å². The summed E-state index contributed by atoms with van der Waals surface area (Å²) in [5.41, 5.74) is 0.399. The largest absolute Gasteiger partial charge is 0.385 e. The third-order valence-corrected chi connectivity index (χ3v) is 3.43. The van der Waals surface area contributed by atoms with Crippen LogP contribution in [0.1, 0.15) is 51.0 Å². The average molecular weight is 208 g/mol. The zero-order valence-corrected chi connectivity index (χ0v) is 9.45. The number of aliphatic hydroxyl groups is 1. The summed E-state index contributed by atoms with van der Waals surface area (Å²) in [7, 11) is 0. The molecule has 0 aromatic carbocycles. The predicted octanol–water partition coefficient (Wildman–Crippen LogP) is 2.44. The van der Waals surface area contributed by atoms with Crippen LogP contribution in [-0.4, -0.2) is 14.9 Å². The highest BCUT2D eigenvalue weighted by molar-refractivity contribution is 5.15. The zero-order valence-electron chi connectivity index (χ0n) is 9.45. The van der Waals surface area contributed by atoms with E-state index in [1.165, 1.54) is 12.8 Å². The van der Waals surface area contributed by atoms with Crippen molar-refractivity contribution in [1.82, 2.24) is 9.78 Å². The van der Waals surface area contributed by atoms with E-state index in [-0.39, 0.29) is 0 Å². The molecule has 0 unspecified atom stereocenters. The molecular weight excluding hydrogens is 188 g/mol. The van der Waals surface area contributed by atoms with Gasteiger partial charge < -0.3 is 5.11 Å². The molecule has 1 aliphatic rings. The Morgan fingerprint density at radius 2 is 2.00 bits per heavy atom. The standard InChI is InChI=1S/C12H20N2O/c1-2-14-10-11(9-13-14)12(15)7-5-3-4-6-8-12/h9-10,15H,2-8H2,1H3. The van der Waals surface area contributed by atoms with E-state index in [0.717, 1.165) is 37.8 Å². The fourth-order valence-corrected chi connectivity index (χ4v) is 2.38. The van der Waals surface area contributed by atoms with Crippen LogP contribution in [0.3, 0.4) is 0 Å². The lowest BCUT2D eigenvalue weighted by Gasteiger charge is -2.25. The minimum absolute atomic E-state index is 0.607. The molecule has 0 bridgehead atoms. The van der Waals surface area contributed by atoms with Crippen molar-refractivity contribution in [2.75, 3.05) is 0 Å². The maximum Gasteiger partial charge on any atom is 0.0926 e. The first kappa shape index (κ1) is 10.7. The van der Waals surface area contributed by atoms with Crippen molar-refractivity contribution in [3.8, 4) is 0 Å². The van der Waals surface area contributed by atoms with E-state index >= 15 is 0 Å². The van der Waals surface area contributed by atoms with Gasteiger partial charge in [-0.05, 0) is 19.8 Å². The van der Waals surface area contributed by atoms with Gasteiger partial charge in [0.15, 0.2) is 0 Å². The van der Waals surface area contributed by atoms with Crippen LogP contribution in [-0.2, 0) is 12.1 Å². The Bertz CT molecular complexity index is 311. The lowest BCUT2D eigenvalue weighted by atomic mass is 9.89. The van der Waals surface area contributed by atoms with Crippen molar-refractivity contribution in [3.63, 3.8) is 0 Å². The summed E-state index contributed by atoms with van der Waals surface area (Å²) < 4.78 is 1.89. The van der Waals surface area contributed by atoms with Gasteiger partial charge >= 0.3 is 0 Å². The number of aromatic nitrogens is 2. The number of hydrogen-bond donors (Lipinski definition) is 1. The van der Waals surface area contributed by atoms with Crippen LogP contribution < -0.4 is 0 Å². The van der Waals surface area contributed by atoms with Crippen LogP contribution in [0.2, 0.25) is 0 Å². The summed E-state index contributed by atoms with van der Waals surface area (Å²) in [6.45, 7) is 2.93. The van der Waals surface area contributed by atoms with Crippen LogP contribution in [0.4, 0.5) is 0 Å². The van der Waals surface area contributed by atoms with Gasteiger partial charge in [-0.25, -0.2) is 0 Å². The average Bonchev–Trinajstić information content (AvgIpc) is 2.63. The molecule has 1 aliphatic carbocycles. The molecule has 1 aromatic rings. The molecule has 0 aliphatic heterocycles. The molecule has 84 valence electrons. The van der Waals surface area contributed by atoms with E-state index in [0.29, 0.717) is 0 Å². The minimum Gasteiger partial charge on any atom is -0.385 e. The fraction of sp³-hybridized carbons (Fsp3) is 0.750. The van der Waals surface area contributed by atoms with E-state index in [4.69, 9.17) is 0 Å². The van der Waals surface area contributed by atoms with Crippen molar-refractivity contribution in [3.05, 3.63) is 18.0 Å². The smallest absolute Gasteiger partial charge is 0.0926 e. The van der Waals surface area contributed by atoms with Gasteiger partial charge in [0.25, 0.3) is 0 Å². The van der Waals surface area contributed by atoms with Crippen LogP contribution in [0.25, 0.3) is 0 Å². The third kappa shape index (κ3) is 2.23. The molecule has 1 fully saturated rings. The van der Waals surface area contributed by atoms with E-state index < -0.39 is 5.60 Å². The molecule has 0 spiro atoms. The van der Waals surface area contributed by atoms with Gasteiger partial charge in [0, 0.05) is 18.3 Å². The van der Waals surface area contributed by atoms with Crippen molar-refractivity contribution < 1.29 is 5.11 Å². The summed E-state index contributed by atoms with van der Waals surface area (Å²) in [6.07, 6.45) is 10.4. The predicted molar refractivity (Wildman–Crippen MR) is 59.5 cm³/mol. The van der Waals surface area contributed by atoms with Crippen molar-refractivity contribution in [2.24, 2.45) is 0 Å². The monoisotopic (exact) mass is 208 g/mol. The molecule has 1 heterocycles. The van der Waals surface area contributed by atoms with Gasteiger partial charge in [-0.1, -0.05) is 25.7 Å². The normalized spacial score (nSPS) is 21.2. The van der Waals surface area contributed by atoms with E-state index in [1.807, 2.05) is 17.1 Å². The molecule has 2 rings (SSSR count). The lowest BCUT2D eigenvalue weighted by Crippen LogP contribution is -2.24. The van der Waals surface area contributed by atoms with Crippen LogP contribution in [0, 0.1) is 0 Å². The first-order valence-electron chi connectivity index (χ1n) is 6.00. The minimum atomic E-state index is -0.607. The van der Waals surface area contributed by atoms with Gasteiger partial charge in [0.2, 0.25) is 0 Å². The second-order valence-electron chi connectivity index (χ2n) is 4.53. The number of rotatable bonds is 2. The first-order chi connectivity index (χ1) is 7.24. The molecular formula is C12H20N2O. The molecule has 3 heteroatoms. The molecule has 0 amide bonds. The second kappa shape index (κ2) is 4.35. The van der Waals surface area contributed by atoms with Crippen LogP contribution in [0.15, 0.2) is 12.4 Å². The molecule has 0 atom stereocenters. The maximum atomic E-state index is 10.6. The molecule has 1 N–H and O–H groups in total. The Labute approximate surface area is 91.1 Å².